The van der Waals surface area contributed by atoms with E-state index in [1.165, 1.54) is 0 Å². The van der Waals surface area contributed by atoms with Crippen molar-refractivity contribution in [1.29, 1.82) is 0 Å². The molecule has 2 aromatic carbocycles. The lowest BCUT2D eigenvalue weighted by atomic mass is 10.2. The molecule has 0 atom stereocenters. The van der Waals surface area contributed by atoms with Crippen LogP contribution in [0.1, 0.15) is 0 Å². The molecule has 3 nitrogen and oxygen atoms in total. The highest BCUT2D eigenvalue weighted by Gasteiger charge is 2.07. The van der Waals surface area contributed by atoms with Crippen LogP contribution >= 0.6 is 11.3 Å². The van der Waals surface area contributed by atoms with Crippen LogP contribution in [-0.4, -0.2) is 25.3 Å². The molecule has 0 spiro atoms. The second-order valence-corrected chi connectivity index (χ2v) is 5.54. The van der Waals surface area contributed by atoms with E-state index in [1.807, 2.05) is 49.5 Å². The normalized spacial score (nSPS) is 10.8. The molecule has 0 bridgehead atoms. The number of anilines is 1. The molecule has 0 aliphatic carbocycles. The summed E-state index contributed by atoms with van der Waals surface area (Å²) in [6, 6.07) is 13.8. The predicted molar refractivity (Wildman–Crippen MR) is 86.1 cm³/mol. The zero-order valence-corrected chi connectivity index (χ0v) is 12.4. The first-order chi connectivity index (χ1) is 10.3. The molecule has 1 heterocycles. The van der Waals surface area contributed by atoms with Crippen LogP contribution in [0.5, 0.6) is 5.75 Å². The van der Waals surface area contributed by atoms with Gasteiger partial charge in [-0.15, -0.1) is 11.3 Å². The van der Waals surface area contributed by atoms with Crippen LogP contribution in [-0.2, 0) is 0 Å². The third-order valence-corrected chi connectivity index (χ3v) is 4.21. The first kappa shape index (κ1) is 13.8. The maximum Gasteiger partial charge on any atom is 0.124 e. The van der Waals surface area contributed by atoms with Crippen molar-refractivity contribution in [2.24, 2.45) is 0 Å². The molecule has 3 aromatic rings. The maximum absolute atomic E-state index is 12.1. The largest absolute Gasteiger partial charge is 0.491 e. The summed E-state index contributed by atoms with van der Waals surface area (Å²) in [5.74, 6) is 0.655. The number of alkyl halides is 1. The number of thiazole rings is 1. The number of benzene rings is 2. The van der Waals surface area contributed by atoms with Crippen LogP contribution in [0, 0.1) is 0 Å². The van der Waals surface area contributed by atoms with Gasteiger partial charge in [-0.05, 0) is 36.4 Å². The van der Waals surface area contributed by atoms with Gasteiger partial charge in [-0.25, -0.2) is 9.37 Å². The highest BCUT2D eigenvalue weighted by atomic mass is 32.1. The van der Waals surface area contributed by atoms with E-state index in [0.717, 1.165) is 26.5 Å². The van der Waals surface area contributed by atoms with Crippen molar-refractivity contribution >= 4 is 27.2 Å². The fourth-order valence-electron chi connectivity index (χ4n) is 2.06. The Bertz CT molecular complexity index is 740. The summed E-state index contributed by atoms with van der Waals surface area (Å²) < 4.78 is 18.5. The van der Waals surface area contributed by atoms with Gasteiger partial charge in [0.25, 0.3) is 0 Å². The molecule has 1 N–H and O–H groups in total. The Balaban J connectivity index is 1.92. The quantitative estimate of drug-likeness (QED) is 0.760. The third-order valence-electron chi connectivity index (χ3n) is 3.13. The molecule has 108 valence electrons. The highest BCUT2D eigenvalue weighted by molar-refractivity contribution is 7.21. The second-order valence-electron chi connectivity index (χ2n) is 4.51. The smallest absolute Gasteiger partial charge is 0.124 e. The third kappa shape index (κ3) is 2.97. The van der Waals surface area contributed by atoms with Gasteiger partial charge in [0, 0.05) is 24.4 Å². The van der Waals surface area contributed by atoms with Crippen LogP contribution in [0.2, 0.25) is 0 Å². The molecular formula is C16H15FN2OS. The lowest BCUT2D eigenvalue weighted by molar-refractivity contribution is 0.273. The van der Waals surface area contributed by atoms with Crippen molar-refractivity contribution in [3.8, 4) is 16.3 Å². The van der Waals surface area contributed by atoms with Crippen LogP contribution in [0.15, 0.2) is 42.5 Å². The standard InChI is InChI=1S/C16H15FN2OS/c1-18-12-4-2-11(3-5-12)16-19-14-10-13(20-9-8-17)6-7-15(14)21-16/h2-7,10,18H,8-9H2,1H3/i17-1. The monoisotopic (exact) mass is 301 g/mol. The minimum absolute atomic E-state index is 0.0774. The summed E-state index contributed by atoms with van der Waals surface area (Å²) in [4.78, 5) is 4.63. The Morgan fingerprint density at radius 1 is 1.19 bits per heavy atom. The molecule has 21 heavy (non-hydrogen) atoms. The Morgan fingerprint density at radius 2 is 2.00 bits per heavy atom. The number of nitrogens with zero attached hydrogens (tertiary/aromatic N) is 1. The summed E-state index contributed by atoms with van der Waals surface area (Å²) in [6.45, 7) is -0.411. The van der Waals surface area contributed by atoms with E-state index >= 15 is 0 Å². The molecule has 0 amide bonds. The summed E-state index contributed by atoms with van der Waals surface area (Å²) in [5.41, 5.74) is 3.03. The van der Waals surface area contributed by atoms with Crippen molar-refractivity contribution < 1.29 is 9.13 Å². The van der Waals surface area contributed by atoms with E-state index in [-0.39, 0.29) is 6.61 Å². The van der Waals surface area contributed by atoms with E-state index in [1.54, 1.807) is 11.3 Å². The molecule has 3 rings (SSSR count). The van der Waals surface area contributed by atoms with Crippen molar-refractivity contribution in [3.63, 3.8) is 0 Å². The zero-order valence-electron chi connectivity index (χ0n) is 11.6. The van der Waals surface area contributed by atoms with Crippen molar-refractivity contribution in [1.82, 2.24) is 4.98 Å². The predicted octanol–water partition coefficient (Wildman–Crippen LogP) is 4.35. The summed E-state index contributed by atoms with van der Waals surface area (Å²) in [6.07, 6.45) is 0. The summed E-state index contributed by atoms with van der Waals surface area (Å²) >= 11 is 1.64. The van der Waals surface area contributed by atoms with E-state index < -0.39 is 6.67 Å². The van der Waals surface area contributed by atoms with E-state index in [9.17, 15) is 4.39 Å². The van der Waals surface area contributed by atoms with Gasteiger partial charge >= 0.3 is 0 Å². The fraction of sp³-hybridized carbons (Fsp3) is 0.188. The SMILES string of the molecule is CNc1ccc(-c2nc3cc(OCC[18F])ccc3s2)cc1. The van der Waals surface area contributed by atoms with Crippen molar-refractivity contribution in [3.05, 3.63) is 42.5 Å². The molecule has 0 radical (unpaired) electrons. The highest BCUT2D eigenvalue weighted by Crippen LogP contribution is 2.32. The Kier molecular flexibility index (Phi) is 4.01. The lowest BCUT2D eigenvalue weighted by Gasteiger charge is -2.01. The van der Waals surface area contributed by atoms with E-state index in [2.05, 4.69) is 10.3 Å². The molecule has 0 fully saturated rings. The Labute approximate surface area is 126 Å². The fourth-order valence-corrected chi connectivity index (χ4v) is 3.01. The molecule has 0 aliphatic rings. The molecule has 0 saturated heterocycles. The van der Waals surface area contributed by atoms with Crippen molar-refractivity contribution in [2.45, 2.75) is 0 Å². The van der Waals surface area contributed by atoms with Gasteiger partial charge in [-0.1, -0.05) is 0 Å². The van der Waals surface area contributed by atoms with Gasteiger partial charge in [0.05, 0.1) is 10.2 Å². The van der Waals surface area contributed by atoms with E-state index in [4.69, 9.17) is 4.74 Å². The summed E-state index contributed by atoms with van der Waals surface area (Å²) in [5, 5.41) is 4.06. The molecule has 0 aliphatic heterocycles. The van der Waals surface area contributed by atoms with Gasteiger partial charge in [0.2, 0.25) is 0 Å². The zero-order chi connectivity index (χ0) is 14.7. The minimum Gasteiger partial charge on any atom is -0.491 e. The first-order valence-electron chi connectivity index (χ1n) is 6.67. The number of hydrogen-bond donors (Lipinski definition) is 1. The van der Waals surface area contributed by atoms with Gasteiger partial charge < -0.3 is 10.1 Å². The average molecular weight is 301 g/mol. The summed E-state index contributed by atoms with van der Waals surface area (Å²) in [7, 11) is 1.89. The van der Waals surface area contributed by atoms with Gasteiger partial charge in [0.1, 0.15) is 24.0 Å². The van der Waals surface area contributed by atoms with Gasteiger partial charge in [0.15, 0.2) is 0 Å². The van der Waals surface area contributed by atoms with Crippen molar-refractivity contribution in [2.75, 3.05) is 25.6 Å². The molecule has 1 aromatic heterocycles. The average Bonchev–Trinajstić information content (AvgIpc) is 2.96. The number of nitrogens with one attached hydrogen (secondary N) is 1. The number of ether oxygens (including phenoxy) is 1. The molecular weight excluding hydrogens is 286 g/mol. The number of halogens is 1. The molecule has 0 saturated carbocycles. The number of hydrogen-bond acceptors (Lipinski definition) is 4. The number of fused-ring (bicyclic) bond motifs is 1. The van der Waals surface area contributed by atoms with Crippen LogP contribution in [0.3, 0.4) is 0 Å². The van der Waals surface area contributed by atoms with Crippen LogP contribution < -0.4 is 10.1 Å². The minimum atomic E-state index is -0.488. The van der Waals surface area contributed by atoms with E-state index in [0.29, 0.717) is 5.75 Å². The Hall–Kier alpha value is -2.14. The maximum atomic E-state index is 12.1. The number of rotatable bonds is 5. The molecule has 5 heteroatoms. The van der Waals surface area contributed by atoms with Crippen LogP contribution in [0.25, 0.3) is 20.8 Å². The first-order valence-corrected chi connectivity index (χ1v) is 7.49. The Morgan fingerprint density at radius 3 is 2.71 bits per heavy atom. The second kappa shape index (κ2) is 6.10. The lowest BCUT2D eigenvalue weighted by Crippen LogP contribution is -1.97. The molecule has 0 unspecified atom stereocenters. The number of aromatic nitrogens is 1. The topological polar surface area (TPSA) is 34.2 Å². The van der Waals surface area contributed by atoms with Gasteiger partial charge in [-0.3, -0.25) is 0 Å². The van der Waals surface area contributed by atoms with Crippen LogP contribution in [0.4, 0.5) is 10.1 Å². The van der Waals surface area contributed by atoms with Gasteiger partial charge in [-0.2, -0.15) is 0 Å².